The first-order chi connectivity index (χ1) is 8.58. The number of phenolic OH excluding ortho intramolecular Hbond substituents is 1. The fraction of sp³-hybridized carbons (Fsp3) is 0.0909. The smallest absolute Gasteiger partial charge is 0.203 e. The summed E-state index contributed by atoms with van der Waals surface area (Å²) in [5.41, 5.74) is 4.33. The Morgan fingerprint density at radius 1 is 1.39 bits per heavy atom. The standard InChI is InChI=1S/C11H9Cl2N3OS/c1-6-5-18-11(15-6)16-14-4-7-2-3-8(17)10(13)9(7)12/h2-5,17H,1H3,(H,15,16). The van der Waals surface area contributed by atoms with E-state index in [4.69, 9.17) is 23.2 Å². The SMILES string of the molecule is Cc1csc(NN=Cc2ccc(O)c(Cl)c2Cl)n1. The number of phenols is 1. The van der Waals surface area contributed by atoms with Crippen LogP contribution in [0.15, 0.2) is 22.6 Å². The number of nitrogens with one attached hydrogen (secondary N) is 1. The van der Waals surface area contributed by atoms with Gasteiger partial charge in [0.1, 0.15) is 10.8 Å². The largest absolute Gasteiger partial charge is 0.506 e. The average Bonchev–Trinajstić information content (AvgIpc) is 2.75. The number of aryl methyl sites for hydroxylation is 1. The van der Waals surface area contributed by atoms with Gasteiger partial charge in [-0.3, -0.25) is 5.43 Å². The van der Waals surface area contributed by atoms with E-state index in [1.807, 2.05) is 12.3 Å². The molecule has 2 N–H and O–H groups in total. The monoisotopic (exact) mass is 301 g/mol. The minimum Gasteiger partial charge on any atom is -0.506 e. The molecule has 0 aliphatic rings. The number of thiazole rings is 1. The van der Waals surface area contributed by atoms with E-state index in [-0.39, 0.29) is 15.8 Å². The molecule has 4 nitrogen and oxygen atoms in total. The third-order valence-electron chi connectivity index (χ3n) is 2.07. The molecule has 0 saturated heterocycles. The summed E-state index contributed by atoms with van der Waals surface area (Å²) in [6, 6.07) is 3.09. The van der Waals surface area contributed by atoms with E-state index in [0.29, 0.717) is 10.7 Å². The van der Waals surface area contributed by atoms with Crippen LogP contribution in [-0.4, -0.2) is 16.3 Å². The fourth-order valence-electron chi connectivity index (χ4n) is 1.22. The van der Waals surface area contributed by atoms with Crippen LogP contribution in [0.4, 0.5) is 5.13 Å². The molecule has 2 rings (SSSR count). The zero-order valence-corrected chi connectivity index (χ0v) is 11.6. The van der Waals surface area contributed by atoms with Crippen molar-refractivity contribution >= 4 is 45.9 Å². The Morgan fingerprint density at radius 2 is 2.17 bits per heavy atom. The molecule has 0 aliphatic heterocycles. The number of rotatable bonds is 3. The molecular formula is C11H9Cl2N3OS. The van der Waals surface area contributed by atoms with Crippen molar-refractivity contribution in [2.24, 2.45) is 5.10 Å². The first-order valence-electron chi connectivity index (χ1n) is 4.96. The molecule has 18 heavy (non-hydrogen) atoms. The third-order valence-corrected chi connectivity index (χ3v) is 3.83. The van der Waals surface area contributed by atoms with Crippen molar-refractivity contribution in [1.29, 1.82) is 0 Å². The molecule has 0 fully saturated rings. The molecule has 1 aromatic carbocycles. The number of aromatic hydroxyl groups is 1. The first-order valence-corrected chi connectivity index (χ1v) is 6.59. The van der Waals surface area contributed by atoms with E-state index in [9.17, 15) is 5.11 Å². The van der Waals surface area contributed by atoms with Gasteiger partial charge < -0.3 is 5.11 Å². The Balaban J connectivity index is 2.12. The minimum absolute atomic E-state index is 0.0534. The molecule has 1 aromatic heterocycles. The summed E-state index contributed by atoms with van der Waals surface area (Å²) >= 11 is 13.2. The summed E-state index contributed by atoms with van der Waals surface area (Å²) in [6.45, 7) is 1.90. The molecular weight excluding hydrogens is 293 g/mol. The molecule has 0 saturated carbocycles. The summed E-state index contributed by atoms with van der Waals surface area (Å²) in [5, 5.41) is 16.3. The summed E-state index contributed by atoms with van der Waals surface area (Å²) in [4.78, 5) is 4.19. The van der Waals surface area contributed by atoms with Gasteiger partial charge in [-0.25, -0.2) is 4.98 Å². The number of anilines is 1. The van der Waals surface area contributed by atoms with Gasteiger partial charge >= 0.3 is 0 Å². The highest BCUT2D eigenvalue weighted by Gasteiger charge is 2.07. The van der Waals surface area contributed by atoms with E-state index in [0.717, 1.165) is 5.69 Å². The summed E-state index contributed by atoms with van der Waals surface area (Å²) in [6.07, 6.45) is 1.52. The number of benzene rings is 1. The van der Waals surface area contributed by atoms with Crippen molar-refractivity contribution in [3.63, 3.8) is 0 Å². The van der Waals surface area contributed by atoms with Crippen LogP contribution in [0.5, 0.6) is 5.75 Å². The van der Waals surface area contributed by atoms with Crippen LogP contribution in [-0.2, 0) is 0 Å². The van der Waals surface area contributed by atoms with Gasteiger partial charge in [-0.05, 0) is 19.1 Å². The molecule has 0 amide bonds. The van der Waals surface area contributed by atoms with E-state index in [1.54, 1.807) is 6.07 Å². The van der Waals surface area contributed by atoms with Crippen molar-refractivity contribution < 1.29 is 5.11 Å². The van der Waals surface area contributed by atoms with Crippen LogP contribution in [0.3, 0.4) is 0 Å². The highest BCUT2D eigenvalue weighted by molar-refractivity contribution is 7.13. The summed E-state index contributed by atoms with van der Waals surface area (Å²) in [5.74, 6) is -0.0534. The van der Waals surface area contributed by atoms with E-state index in [2.05, 4.69) is 15.5 Å². The molecule has 94 valence electrons. The Hall–Kier alpha value is -1.30. The molecule has 0 radical (unpaired) electrons. The molecule has 0 spiro atoms. The maximum atomic E-state index is 9.35. The number of halogens is 2. The first kappa shape index (κ1) is 13.1. The summed E-state index contributed by atoms with van der Waals surface area (Å²) < 4.78 is 0. The van der Waals surface area contributed by atoms with Crippen molar-refractivity contribution in [3.05, 3.63) is 38.8 Å². The van der Waals surface area contributed by atoms with Crippen molar-refractivity contribution in [1.82, 2.24) is 4.98 Å². The van der Waals surface area contributed by atoms with Gasteiger partial charge in [-0.15, -0.1) is 11.3 Å². The van der Waals surface area contributed by atoms with E-state index < -0.39 is 0 Å². The normalized spacial score (nSPS) is 11.1. The molecule has 7 heteroatoms. The lowest BCUT2D eigenvalue weighted by Crippen LogP contribution is -1.91. The fourth-order valence-corrected chi connectivity index (χ4v) is 2.23. The maximum absolute atomic E-state index is 9.35. The lowest BCUT2D eigenvalue weighted by atomic mass is 10.2. The Kier molecular flexibility index (Phi) is 4.06. The molecule has 1 heterocycles. The second kappa shape index (κ2) is 5.56. The van der Waals surface area contributed by atoms with Crippen LogP contribution < -0.4 is 5.43 Å². The van der Waals surface area contributed by atoms with Gasteiger partial charge in [0, 0.05) is 10.9 Å². The van der Waals surface area contributed by atoms with Gasteiger partial charge in [-0.1, -0.05) is 23.2 Å². The summed E-state index contributed by atoms with van der Waals surface area (Å²) in [7, 11) is 0. The van der Waals surface area contributed by atoms with Crippen molar-refractivity contribution in [2.45, 2.75) is 6.92 Å². The highest BCUT2D eigenvalue weighted by atomic mass is 35.5. The lowest BCUT2D eigenvalue weighted by molar-refractivity contribution is 0.475. The van der Waals surface area contributed by atoms with Crippen LogP contribution >= 0.6 is 34.5 Å². The number of aromatic nitrogens is 1. The second-order valence-electron chi connectivity index (χ2n) is 3.47. The molecule has 0 aliphatic carbocycles. The Bertz CT molecular complexity index is 598. The van der Waals surface area contributed by atoms with Gasteiger partial charge in [0.2, 0.25) is 5.13 Å². The number of hydrogen-bond donors (Lipinski definition) is 2. The van der Waals surface area contributed by atoms with Crippen molar-refractivity contribution in [2.75, 3.05) is 5.43 Å². The van der Waals surface area contributed by atoms with E-state index in [1.165, 1.54) is 23.6 Å². The zero-order valence-electron chi connectivity index (χ0n) is 9.32. The lowest BCUT2D eigenvalue weighted by Gasteiger charge is -2.02. The van der Waals surface area contributed by atoms with Gasteiger partial charge in [0.05, 0.1) is 16.9 Å². The van der Waals surface area contributed by atoms with Gasteiger partial charge in [0.25, 0.3) is 0 Å². The average molecular weight is 302 g/mol. The van der Waals surface area contributed by atoms with Crippen LogP contribution in [0.25, 0.3) is 0 Å². The van der Waals surface area contributed by atoms with Crippen LogP contribution in [0, 0.1) is 6.92 Å². The van der Waals surface area contributed by atoms with E-state index >= 15 is 0 Å². The minimum atomic E-state index is -0.0534. The van der Waals surface area contributed by atoms with Crippen molar-refractivity contribution in [3.8, 4) is 5.75 Å². The Labute approximate surface area is 118 Å². The molecule has 0 bridgehead atoms. The number of hydrazone groups is 1. The number of nitrogens with zero attached hydrogens (tertiary/aromatic N) is 2. The molecule has 0 unspecified atom stereocenters. The molecule has 0 atom stereocenters. The second-order valence-corrected chi connectivity index (χ2v) is 5.08. The topological polar surface area (TPSA) is 57.5 Å². The quantitative estimate of drug-likeness (QED) is 0.667. The number of hydrogen-bond acceptors (Lipinski definition) is 5. The molecule has 2 aromatic rings. The Morgan fingerprint density at radius 3 is 2.83 bits per heavy atom. The third kappa shape index (κ3) is 2.93. The van der Waals surface area contributed by atoms with Gasteiger partial charge in [0.15, 0.2) is 0 Å². The van der Waals surface area contributed by atoms with Gasteiger partial charge in [-0.2, -0.15) is 5.10 Å². The predicted octanol–water partition coefficient (Wildman–Crippen LogP) is 3.91. The zero-order chi connectivity index (χ0) is 13.1. The maximum Gasteiger partial charge on any atom is 0.203 e. The van der Waals surface area contributed by atoms with Crippen LogP contribution in [0.2, 0.25) is 10.0 Å². The highest BCUT2D eigenvalue weighted by Crippen LogP contribution is 2.32. The predicted molar refractivity (Wildman–Crippen MR) is 76.2 cm³/mol. The van der Waals surface area contributed by atoms with Crippen LogP contribution in [0.1, 0.15) is 11.3 Å².